The fourth-order valence-electron chi connectivity index (χ4n) is 4.45. The molecule has 0 aliphatic heterocycles. The van der Waals surface area contributed by atoms with Crippen molar-refractivity contribution in [3.63, 3.8) is 0 Å². The number of benzene rings is 1. The molecule has 3 nitrogen and oxygen atoms in total. The van der Waals surface area contributed by atoms with Crippen LogP contribution in [0.2, 0.25) is 10.3 Å². The van der Waals surface area contributed by atoms with Crippen LogP contribution in [0.4, 0.5) is 4.39 Å². The molecule has 2 aromatic heterocycles. The molecule has 1 saturated carbocycles. The molecule has 6 heteroatoms. The van der Waals surface area contributed by atoms with E-state index in [1.54, 1.807) is 0 Å². The van der Waals surface area contributed by atoms with Crippen LogP contribution in [0.5, 0.6) is 0 Å². The first kappa shape index (κ1) is 20.5. The van der Waals surface area contributed by atoms with Crippen molar-refractivity contribution in [1.82, 2.24) is 15.0 Å². The van der Waals surface area contributed by atoms with Crippen LogP contribution >= 0.6 is 23.2 Å². The smallest absolute Gasteiger partial charge is 0.222 e. The maximum Gasteiger partial charge on any atom is 0.222 e. The minimum atomic E-state index is -0.391. The minimum absolute atomic E-state index is 0.0125. The predicted octanol–water partition coefficient (Wildman–Crippen LogP) is 7.34. The van der Waals surface area contributed by atoms with E-state index >= 15 is 4.39 Å². The van der Waals surface area contributed by atoms with Crippen molar-refractivity contribution in [2.24, 2.45) is 5.92 Å². The van der Waals surface area contributed by atoms with E-state index in [1.807, 2.05) is 12.3 Å². The SMILES string of the molecule is CC(C)c1c(C(C)(C)C2CCC2)cnc2c(F)cc(-c3nc(Cl)ncc3Cl)cc12. The van der Waals surface area contributed by atoms with Crippen LogP contribution in [0, 0.1) is 11.7 Å². The number of hydrogen-bond donors (Lipinski definition) is 0. The Kier molecular flexibility index (Phi) is 5.28. The number of hydrogen-bond acceptors (Lipinski definition) is 3. The van der Waals surface area contributed by atoms with Gasteiger partial charge in [-0.2, -0.15) is 0 Å². The largest absolute Gasteiger partial charge is 0.253 e. The Hall–Kier alpha value is -1.78. The summed E-state index contributed by atoms with van der Waals surface area (Å²) in [6.07, 6.45) is 7.05. The van der Waals surface area contributed by atoms with Gasteiger partial charge in [-0.3, -0.25) is 4.98 Å². The second-order valence-electron chi connectivity index (χ2n) is 8.78. The molecule has 4 rings (SSSR count). The molecular weight excluding hydrogens is 408 g/mol. The van der Waals surface area contributed by atoms with Crippen molar-refractivity contribution in [3.05, 3.63) is 51.8 Å². The average Bonchev–Trinajstić information content (AvgIpc) is 2.60. The summed E-state index contributed by atoms with van der Waals surface area (Å²) in [7, 11) is 0. The highest BCUT2D eigenvalue weighted by atomic mass is 35.5. The van der Waals surface area contributed by atoms with E-state index in [9.17, 15) is 0 Å². The van der Waals surface area contributed by atoms with Gasteiger partial charge in [-0.1, -0.05) is 45.7 Å². The Labute approximate surface area is 180 Å². The zero-order chi connectivity index (χ0) is 20.9. The van der Waals surface area contributed by atoms with E-state index in [1.165, 1.54) is 37.1 Å². The van der Waals surface area contributed by atoms with Crippen LogP contribution in [-0.4, -0.2) is 15.0 Å². The standard InChI is InChI=1S/C23H24Cl2FN3/c1-12(2)19-15-8-13(20-17(24)11-28-22(25)29-20)9-18(26)21(15)27-10-16(19)23(3,4)14-6-5-7-14/h8-12,14H,5-7H2,1-4H3. The molecule has 0 atom stereocenters. The highest BCUT2D eigenvalue weighted by Crippen LogP contribution is 2.47. The lowest BCUT2D eigenvalue weighted by molar-refractivity contribution is 0.193. The molecule has 1 aliphatic carbocycles. The van der Waals surface area contributed by atoms with Gasteiger partial charge >= 0.3 is 0 Å². The summed E-state index contributed by atoms with van der Waals surface area (Å²) in [5.41, 5.74) is 3.71. The molecule has 0 N–H and O–H groups in total. The highest BCUT2D eigenvalue weighted by molar-refractivity contribution is 6.33. The molecule has 0 unspecified atom stereocenters. The molecule has 3 aromatic rings. The number of halogens is 3. The lowest BCUT2D eigenvalue weighted by Crippen LogP contribution is -2.34. The minimum Gasteiger partial charge on any atom is -0.253 e. The average molecular weight is 432 g/mol. The van der Waals surface area contributed by atoms with E-state index in [0.29, 0.717) is 27.7 Å². The molecule has 29 heavy (non-hydrogen) atoms. The van der Waals surface area contributed by atoms with Gasteiger partial charge < -0.3 is 0 Å². The zero-order valence-electron chi connectivity index (χ0n) is 17.1. The molecule has 2 heterocycles. The quantitative estimate of drug-likeness (QED) is 0.405. The number of aromatic nitrogens is 3. The summed E-state index contributed by atoms with van der Waals surface area (Å²) in [6.45, 7) is 8.86. The Balaban J connectivity index is 2.00. The normalized spacial score (nSPS) is 15.2. The third-order valence-electron chi connectivity index (χ3n) is 6.35. The van der Waals surface area contributed by atoms with Gasteiger partial charge in [0.05, 0.1) is 16.9 Å². The third-order valence-corrected chi connectivity index (χ3v) is 6.81. The van der Waals surface area contributed by atoms with Crippen molar-refractivity contribution >= 4 is 34.1 Å². The number of fused-ring (bicyclic) bond motifs is 1. The van der Waals surface area contributed by atoms with Gasteiger partial charge in [-0.25, -0.2) is 14.4 Å². The monoisotopic (exact) mass is 431 g/mol. The van der Waals surface area contributed by atoms with Crippen LogP contribution in [0.15, 0.2) is 24.5 Å². The van der Waals surface area contributed by atoms with Gasteiger partial charge in [-0.15, -0.1) is 0 Å². The van der Waals surface area contributed by atoms with Gasteiger partial charge in [0.15, 0.2) is 0 Å². The van der Waals surface area contributed by atoms with Gasteiger partial charge in [0, 0.05) is 17.1 Å². The zero-order valence-corrected chi connectivity index (χ0v) is 18.6. The van der Waals surface area contributed by atoms with Crippen LogP contribution < -0.4 is 0 Å². The summed E-state index contributed by atoms with van der Waals surface area (Å²) >= 11 is 12.2. The first-order valence-corrected chi connectivity index (χ1v) is 10.8. The Morgan fingerprint density at radius 3 is 2.45 bits per heavy atom. The van der Waals surface area contributed by atoms with Crippen LogP contribution in [0.3, 0.4) is 0 Å². The molecule has 0 spiro atoms. The molecule has 0 amide bonds. The number of nitrogens with zero attached hydrogens (tertiary/aromatic N) is 3. The van der Waals surface area contributed by atoms with Crippen molar-refractivity contribution in [1.29, 1.82) is 0 Å². The molecule has 1 fully saturated rings. The van der Waals surface area contributed by atoms with E-state index < -0.39 is 5.82 Å². The lowest BCUT2D eigenvalue weighted by atomic mass is 9.63. The molecule has 0 radical (unpaired) electrons. The molecule has 0 saturated heterocycles. The summed E-state index contributed by atoms with van der Waals surface area (Å²) < 4.78 is 15.1. The number of rotatable bonds is 4. The Bertz CT molecular complexity index is 1090. The van der Waals surface area contributed by atoms with Crippen LogP contribution in [0.1, 0.15) is 64.0 Å². The van der Waals surface area contributed by atoms with Crippen molar-refractivity contribution in [2.45, 2.75) is 58.3 Å². The maximum atomic E-state index is 15.1. The van der Waals surface area contributed by atoms with Crippen LogP contribution in [-0.2, 0) is 5.41 Å². The van der Waals surface area contributed by atoms with Crippen molar-refractivity contribution < 1.29 is 4.39 Å². The fraction of sp³-hybridized carbons (Fsp3) is 0.435. The summed E-state index contributed by atoms with van der Waals surface area (Å²) in [6, 6.07) is 3.35. The van der Waals surface area contributed by atoms with Crippen molar-refractivity contribution in [2.75, 3.05) is 0 Å². The van der Waals surface area contributed by atoms with E-state index in [0.717, 1.165) is 10.9 Å². The van der Waals surface area contributed by atoms with Crippen molar-refractivity contribution in [3.8, 4) is 11.3 Å². The number of pyridine rings is 1. The first-order chi connectivity index (χ1) is 13.7. The second-order valence-corrected chi connectivity index (χ2v) is 9.52. The van der Waals surface area contributed by atoms with E-state index in [-0.39, 0.29) is 16.6 Å². The summed E-state index contributed by atoms with van der Waals surface area (Å²) in [5, 5.41) is 1.22. The van der Waals surface area contributed by atoms with Gasteiger partial charge in [-0.05, 0) is 65.0 Å². The van der Waals surface area contributed by atoms with E-state index in [4.69, 9.17) is 23.2 Å². The van der Waals surface area contributed by atoms with Gasteiger partial charge in [0.2, 0.25) is 5.28 Å². The van der Waals surface area contributed by atoms with E-state index in [2.05, 4.69) is 42.6 Å². The first-order valence-electron chi connectivity index (χ1n) is 10.0. The van der Waals surface area contributed by atoms with Gasteiger partial charge in [0.1, 0.15) is 11.3 Å². The lowest BCUT2D eigenvalue weighted by Gasteiger charge is -2.42. The Morgan fingerprint density at radius 2 is 1.83 bits per heavy atom. The van der Waals surface area contributed by atoms with Gasteiger partial charge in [0.25, 0.3) is 0 Å². The molecule has 0 bridgehead atoms. The molecule has 152 valence electrons. The maximum absolute atomic E-state index is 15.1. The second kappa shape index (κ2) is 7.48. The highest BCUT2D eigenvalue weighted by Gasteiger charge is 2.37. The topological polar surface area (TPSA) is 38.7 Å². The molecular formula is C23H24Cl2FN3. The Morgan fingerprint density at radius 1 is 1.10 bits per heavy atom. The summed E-state index contributed by atoms with van der Waals surface area (Å²) in [4.78, 5) is 12.7. The van der Waals surface area contributed by atoms with Crippen LogP contribution in [0.25, 0.3) is 22.2 Å². The summed E-state index contributed by atoms with van der Waals surface area (Å²) in [5.74, 6) is 0.453. The molecule has 1 aromatic carbocycles. The molecule has 1 aliphatic rings. The predicted molar refractivity (Wildman–Crippen MR) is 117 cm³/mol. The fourth-order valence-corrected chi connectivity index (χ4v) is 4.78. The third kappa shape index (κ3) is 3.51.